The van der Waals surface area contributed by atoms with Crippen molar-refractivity contribution in [3.63, 3.8) is 0 Å². The van der Waals surface area contributed by atoms with E-state index in [9.17, 15) is 40.3 Å². The van der Waals surface area contributed by atoms with Crippen LogP contribution in [-0.4, -0.2) is 59.4 Å². The molecule has 0 aliphatic heterocycles. The first kappa shape index (κ1) is 33.1. The van der Waals surface area contributed by atoms with E-state index in [0.717, 1.165) is 23.9 Å². The zero-order chi connectivity index (χ0) is 33.6. The van der Waals surface area contributed by atoms with E-state index in [-0.39, 0.29) is 56.7 Å². The Bertz CT molecular complexity index is 1590. The van der Waals surface area contributed by atoms with Gasteiger partial charge in [0.15, 0.2) is 5.65 Å². The van der Waals surface area contributed by atoms with Crippen LogP contribution in [0.15, 0.2) is 24.7 Å². The number of carbonyl (C=O) groups excluding carboxylic acids is 2. The van der Waals surface area contributed by atoms with Gasteiger partial charge in [-0.2, -0.15) is 18.3 Å². The van der Waals surface area contributed by atoms with E-state index in [1.807, 2.05) is 0 Å². The van der Waals surface area contributed by atoms with Crippen molar-refractivity contribution in [3.8, 4) is 0 Å². The lowest BCUT2D eigenvalue weighted by Crippen LogP contribution is -2.42. The molecule has 3 aromatic rings. The number of hydrogen-bond donors (Lipinski definition) is 2. The third-order valence-electron chi connectivity index (χ3n) is 9.80. The summed E-state index contributed by atoms with van der Waals surface area (Å²) in [4.78, 5) is 30.6. The first-order valence-corrected chi connectivity index (χ1v) is 15.8. The minimum absolute atomic E-state index is 0.0119. The first-order valence-electron chi connectivity index (χ1n) is 15.8. The minimum atomic E-state index is -4.46. The molecule has 6 rings (SSSR count). The van der Waals surface area contributed by atoms with E-state index in [2.05, 4.69) is 31.0 Å². The zero-order valence-electron chi connectivity index (χ0n) is 25.3. The number of rotatable bonds is 11. The maximum atomic E-state index is 14.1. The van der Waals surface area contributed by atoms with Crippen molar-refractivity contribution in [3.05, 3.63) is 41.6 Å². The largest absolute Gasteiger partial charge is 0.389 e. The highest BCUT2D eigenvalue weighted by Gasteiger charge is 2.48. The number of nitrogens with one attached hydrogen (secondary N) is 2. The standard InChI is InChI=1S/C30H35F7N8O2/c31-28(32)8-4-18(5-9-28)26(42-27(47)22-14-38-43-44(22)15-20-6-10-29(20,33)34)21-16-45-23(40-21)12-19(13-39-45)25(17-2-1-3-17)41-24(46)7-11-30(35,36)37/h12-14,16-18,20,25-26H,1-11,15H2,(H,41,46)(H,42,47)/t20?,25?,26-/m0/s1. The fraction of sp³-hybridized carbons (Fsp3) is 0.667. The molecular weight excluding hydrogens is 637 g/mol. The predicted molar refractivity (Wildman–Crippen MR) is 151 cm³/mol. The summed E-state index contributed by atoms with van der Waals surface area (Å²) in [5.74, 6) is -8.49. The van der Waals surface area contributed by atoms with Gasteiger partial charge in [0.1, 0.15) is 5.69 Å². The first-order chi connectivity index (χ1) is 22.2. The summed E-state index contributed by atoms with van der Waals surface area (Å²) in [6.07, 6.45) is -0.246. The van der Waals surface area contributed by atoms with Crippen molar-refractivity contribution < 1.29 is 40.3 Å². The second-order valence-corrected chi connectivity index (χ2v) is 13.1. The molecule has 2 unspecified atom stereocenters. The highest BCUT2D eigenvalue weighted by atomic mass is 19.4. The zero-order valence-corrected chi connectivity index (χ0v) is 25.3. The SMILES string of the molecule is O=C(CCC(F)(F)F)NC(c1cnn2cc([C@@H](NC(=O)c3cnnn3CC3CCC3(F)F)C3CCC(F)(F)CC3)nc2c1)C1CCC1. The molecule has 0 spiro atoms. The normalized spacial score (nSPS) is 22.7. The van der Waals surface area contributed by atoms with Crippen molar-refractivity contribution >= 4 is 17.5 Å². The molecule has 256 valence electrons. The summed E-state index contributed by atoms with van der Waals surface area (Å²) in [5, 5.41) is 17.6. The lowest BCUT2D eigenvalue weighted by molar-refractivity contribution is -0.144. The van der Waals surface area contributed by atoms with Gasteiger partial charge in [-0.1, -0.05) is 11.6 Å². The number of halogens is 7. The maximum absolute atomic E-state index is 14.1. The summed E-state index contributed by atoms with van der Waals surface area (Å²) in [6.45, 7) is -0.202. The number of aromatic nitrogens is 6. The molecule has 3 aromatic heterocycles. The summed E-state index contributed by atoms with van der Waals surface area (Å²) in [7, 11) is 0. The Hall–Kier alpha value is -3.79. The van der Waals surface area contributed by atoms with Crippen LogP contribution in [0.5, 0.6) is 0 Å². The average molecular weight is 673 g/mol. The molecule has 0 saturated heterocycles. The van der Waals surface area contributed by atoms with Crippen molar-refractivity contribution in [2.24, 2.45) is 17.8 Å². The molecule has 2 N–H and O–H groups in total. The van der Waals surface area contributed by atoms with Gasteiger partial charge in [0.25, 0.3) is 11.8 Å². The van der Waals surface area contributed by atoms with E-state index in [1.165, 1.54) is 16.9 Å². The summed E-state index contributed by atoms with van der Waals surface area (Å²) < 4.78 is 96.8. The van der Waals surface area contributed by atoms with Gasteiger partial charge >= 0.3 is 6.18 Å². The van der Waals surface area contributed by atoms with Gasteiger partial charge in [-0.05, 0) is 55.6 Å². The van der Waals surface area contributed by atoms with Crippen LogP contribution >= 0.6 is 0 Å². The molecule has 17 heteroatoms. The van der Waals surface area contributed by atoms with Gasteiger partial charge in [-0.3, -0.25) is 9.59 Å². The maximum Gasteiger partial charge on any atom is 0.389 e. The highest BCUT2D eigenvalue weighted by Crippen LogP contribution is 2.45. The third-order valence-corrected chi connectivity index (χ3v) is 9.80. The Morgan fingerprint density at radius 1 is 0.957 bits per heavy atom. The van der Waals surface area contributed by atoms with Gasteiger partial charge in [0.05, 0.1) is 49.3 Å². The third kappa shape index (κ3) is 7.53. The summed E-state index contributed by atoms with van der Waals surface area (Å²) in [6, 6.07) is 0.241. The van der Waals surface area contributed by atoms with E-state index >= 15 is 0 Å². The number of nitrogens with zero attached hydrogens (tertiary/aromatic N) is 6. The number of carbonyl (C=O) groups is 2. The number of alkyl halides is 7. The Morgan fingerprint density at radius 2 is 1.68 bits per heavy atom. The molecule has 0 bridgehead atoms. The fourth-order valence-corrected chi connectivity index (χ4v) is 6.59. The van der Waals surface area contributed by atoms with Gasteiger partial charge in [-0.15, -0.1) is 5.10 Å². The molecule has 10 nitrogen and oxygen atoms in total. The molecule has 3 aliphatic rings. The molecular formula is C30H35F7N8O2. The van der Waals surface area contributed by atoms with Gasteiger partial charge in [-0.25, -0.2) is 31.7 Å². The number of hydrogen-bond acceptors (Lipinski definition) is 6. The van der Waals surface area contributed by atoms with Crippen LogP contribution in [0.4, 0.5) is 30.7 Å². The molecule has 3 heterocycles. The van der Waals surface area contributed by atoms with Crippen molar-refractivity contribution in [2.75, 3.05) is 0 Å². The van der Waals surface area contributed by atoms with E-state index in [0.29, 0.717) is 16.9 Å². The van der Waals surface area contributed by atoms with E-state index < -0.39 is 66.6 Å². The number of imidazole rings is 1. The molecule has 0 aromatic carbocycles. The lowest BCUT2D eigenvalue weighted by atomic mass is 9.77. The Balaban J connectivity index is 1.25. The Labute approximate surface area is 264 Å². The Kier molecular flexibility index (Phi) is 8.93. The topological polar surface area (TPSA) is 119 Å². The molecule has 3 aliphatic carbocycles. The van der Waals surface area contributed by atoms with E-state index in [4.69, 9.17) is 0 Å². The number of fused-ring (bicyclic) bond motifs is 1. The molecule has 47 heavy (non-hydrogen) atoms. The van der Waals surface area contributed by atoms with E-state index in [1.54, 1.807) is 12.3 Å². The monoisotopic (exact) mass is 672 g/mol. The Morgan fingerprint density at radius 3 is 2.30 bits per heavy atom. The minimum Gasteiger partial charge on any atom is -0.349 e. The van der Waals surface area contributed by atoms with Crippen LogP contribution in [0.25, 0.3) is 5.65 Å². The summed E-state index contributed by atoms with van der Waals surface area (Å²) in [5.41, 5.74) is 1.16. The lowest BCUT2D eigenvalue weighted by Gasteiger charge is -2.36. The average Bonchev–Trinajstić information content (AvgIpc) is 3.62. The molecule has 0 radical (unpaired) electrons. The van der Waals surface area contributed by atoms with Gasteiger partial charge in [0, 0.05) is 31.6 Å². The van der Waals surface area contributed by atoms with Crippen LogP contribution in [0, 0.1) is 17.8 Å². The fourth-order valence-electron chi connectivity index (χ4n) is 6.59. The summed E-state index contributed by atoms with van der Waals surface area (Å²) >= 11 is 0. The van der Waals surface area contributed by atoms with Gasteiger partial charge < -0.3 is 10.6 Å². The highest BCUT2D eigenvalue weighted by molar-refractivity contribution is 5.92. The predicted octanol–water partition coefficient (Wildman–Crippen LogP) is 5.96. The van der Waals surface area contributed by atoms with Crippen LogP contribution < -0.4 is 10.6 Å². The molecule has 3 fully saturated rings. The smallest absolute Gasteiger partial charge is 0.349 e. The van der Waals surface area contributed by atoms with Crippen molar-refractivity contribution in [1.82, 2.24) is 40.2 Å². The second-order valence-electron chi connectivity index (χ2n) is 13.1. The second kappa shape index (κ2) is 12.7. The van der Waals surface area contributed by atoms with Gasteiger partial charge in [0.2, 0.25) is 11.8 Å². The molecule has 2 amide bonds. The van der Waals surface area contributed by atoms with Crippen LogP contribution in [-0.2, 0) is 11.3 Å². The molecule has 3 saturated carbocycles. The van der Waals surface area contributed by atoms with Crippen LogP contribution in [0.3, 0.4) is 0 Å². The molecule has 3 atom stereocenters. The van der Waals surface area contributed by atoms with Crippen LogP contribution in [0.1, 0.15) is 104 Å². The number of amides is 2. The van der Waals surface area contributed by atoms with Crippen LogP contribution in [0.2, 0.25) is 0 Å². The van der Waals surface area contributed by atoms with Crippen molar-refractivity contribution in [2.45, 2.75) is 107 Å². The van der Waals surface area contributed by atoms with Crippen molar-refractivity contribution in [1.29, 1.82) is 0 Å². The quantitative estimate of drug-likeness (QED) is 0.243.